The maximum atomic E-state index is 12.1. The van der Waals surface area contributed by atoms with Crippen LogP contribution in [0.5, 0.6) is 5.75 Å². The second kappa shape index (κ2) is 9.00. The maximum Gasteiger partial charge on any atom is 0.305 e. The van der Waals surface area contributed by atoms with Gasteiger partial charge in [0.05, 0.1) is 13.0 Å². The number of nitrogens with zero attached hydrogens (tertiary/aromatic N) is 1. The van der Waals surface area contributed by atoms with Crippen LogP contribution in [0.15, 0.2) is 24.3 Å². The number of aliphatic carboxylic acids is 1. The van der Waals surface area contributed by atoms with Crippen LogP contribution in [0.3, 0.4) is 0 Å². The van der Waals surface area contributed by atoms with Crippen LogP contribution in [0.25, 0.3) is 0 Å². The van der Waals surface area contributed by atoms with Crippen LogP contribution in [-0.2, 0) is 4.79 Å². The van der Waals surface area contributed by atoms with Gasteiger partial charge in [-0.3, -0.25) is 9.59 Å². The second-order valence-corrected chi connectivity index (χ2v) is 4.95. The Labute approximate surface area is 125 Å². The van der Waals surface area contributed by atoms with Gasteiger partial charge in [-0.15, -0.1) is 0 Å². The quantitative estimate of drug-likeness (QED) is 0.711. The van der Waals surface area contributed by atoms with Crippen molar-refractivity contribution in [3.05, 3.63) is 29.8 Å². The SMILES string of the molecule is CCCCCOc1ccc(C(=O)N(C)CCC(=O)O)cc1. The number of hydrogen-bond acceptors (Lipinski definition) is 3. The standard InChI is InChI=1S/C16H23NO4/c1-3-4-5-12-21-14-8-6-13(7-9-14)16(20)17(2)11-10-15(18)19/h6-9H,3-5,10-12H2,1-2H3,(H,18,19). The number of ether oxygens (including phenoxy) is 1. The Kier molecular flexibility index (Phi) is 7.29. The molecule has 0 radical (unpaired) electrons. The smallest absolute Gasteiger partial charge is 0.305 e. The lowest BCUT2D eigenvalue weighted by molar-refractivity contribution is -0.137. The van der Waals surface area contributed by atoms with E-state index in [0.717, 1.165) is 25.0 Å². The predicted octanol–water partition coefficient (Wildman–Crippen LogP) is 2.80. The van der Waals surface area contributed by atoms with Crippen molar-refractivity contribution in [1.82, 2.24) is 4.90 Å². The Morgan fingerprint density at radius 2 is 1.86 bits per heavy atom. The van der Waals surface area contributed by atoms with E-state index in [4.69, 9.17) is 9.84 Å². The van der Waals surface area contributed by atoms with Crippen LogP contribution in [0, 0.1) is 0 Å². The van der Waals surface area contributed by atoms with Gasteiger partial charge in [0.15, 0.2) is 0 Å². The predicted molar refractivity (Wildman–Crippen MR) is 80.7 cm³/mol. The van der Waals surface area contributed by atoms with Crippen LogP contribution < -0.4 is 4.74 Å². The lowest BCUT2D eigenvalue weighted by atomic mass is 10.2. The number of carbonyl (C=O) groups is 2. The highest BCUT2D eigenvalue weighted by Crippen LogP contribution is 2.14. The summed E-state index contributed by atoms with van der Waals surface area (Å²) in [6, 6.07) is 6.94. The first kappa shape index (κ1) is 17.0. The normalized spacial score (nSPS) is 10.2. The lowest BCUT2D eigenvalue weighted by Gasteiger charge is -2.16. The summed E-state index contributed by atoms with van der Waals surface area (Å²) in [6.45, 7) is 3.02. The molecule has 0 aromatic heterocycles. The molecular formula is C16H23NO4. The van der Waals surface area contributed by atoms with Gasteiger partial charge in [0.25, 0.3) is 5.91 Å². The largest absolute Gasteiger partial charge is 0.494 e. The average Bonchev–Trinajstić information content (AvgIpc) is 2.49. The van der Waals surface area contributed by atoms with Crippen molar-refractivity contribution in [2.75, 3.05) is 20.2 Å². The van der Waals surface area contributed by atoms with E-state index in [-0.39, 0.29) is 18.9 Å². The van der Waals surface area contributed by atoms with Gasteiger partial charge in [-0.2, -0.15) is 0 Å². The van der Waals surface area contributed by atoms with Crippen molar-refractivity contribution in [3.8, 4) is 5.75 Å². The van der Waals surface area contributed by atoms with E-state index < -0.39 is 5.97 Å². The zero-order valence-corrected chi connectivity index (χ0v) is 12.7. The minimum atomic E-state index is -0.912. The number of amides is 1. The van der Waals surface area contributed by atoms with Crippen molar-refractivity contribution in [2.45, 2.75) is 32.6 Å². The van der Waals surface area contributed by atoms with E-state index >= 15 is 0 Å². The maximum absolute atomic E-state index is 12.1. The molecule has 0 aliphatic carbocycles. The first-order chi connectivity index (χ1) is 10.0. The van der Waals surface area contributed by atoms with Crippen LogP contribution in [0.2, 0.25) is 0 Å². The van der Waals surface area contributed by atoms with E-state index in [1.54, 1.807) is 31.3 Å². The Morgan fingerprint density at radius 3 is 2.43 bits per heavy atom. The molecule has 0 unspecified atom stereocenters. The lowest BCUT2D eigenvalue weighted by Crippen LogP contribution is -2.28. The first-order valence-electron chi connectivity index (χ1n) is 7.24. The molecule has 1 rings (SSSR count). The third-order valence-electron chi connectivity index (χ3n) is 3.13. The van der Waals surface area contributed by atoms with Gasteiger partial charge in [-0.1, -0.05) is 19.8 Å². The molecule has 0 atom stereocenters. The summed E-state index contributed by atoms with van der Waals surface area (Å²) < 4.78 is 5.58. The van der Waals surface area contributed by atoms with E-state index in [1.807, 2.05) is 0 Å². The molecule has 1 aromatic carbocycles. The van der Waals surface area contributed by atoms with E-state index in [9.17, 15) is 9.59 Å². The number of carboxylic acids is 1. The van der Waals surface area contributed by atoms with E-state index in [1.165, 1.54) is 4.90 Å². The molecule has 21 heavy (non-hydrogen) atoms. The molecule has 116 valence electrons. The van der Waals surface area contributed by atoms with Crippen LogP contribution in [0.4, 0.5) is 0 Å². The van der Waals surface area contributed by atoms with Gasteiger partial charge in [0, 0.05) is 19.2 Å². The van der Waals surface area contributed by atoms with Crippen molar-refractivity contribution in [3.63, 3.8) is 0 Å². The second-order valence-electron chi connectivity index (χ2n) is 4.95. The summed E-state index contributed by atoms with van der Waals surface area (Å²) in [6.07, 6.45) is 3.26. The molecule has 1 amide bonds. The van der Waals surface area contributed by atoms with Crippen molar-refractivity contribution in [1.29, 1.82) is 0 Å². The Bertz CT molecular complexity index is 456. The molecule has 0 bridgehead atoms. The molecule has 0 heterocycles. The molecule has 5 nitrogen and oxygen atoms in total. The van der Waals surface area contributed by atoms with Crippen LogP contribution in [-0.4, -0.2) is 42.1 Å². The number of rotatable bonds is 9. The van der Waals surface area contributed by atoms with Crippen molar-refractivity contribution < 1.29 is 19.4 Å². The molecule has 1 aromatic rings. The molecule has 0 saturated heterocycles. The van der Waals surface area contributed by atoms with Crippen LogP contribution >= 0.6 is 0 Å². The molecular weight excluding hydrogens is 270 g/mol. The summed E-state index contributed by atoms with van der Waals surface area (Å²) in [7, 11) is 1.60. The fourth-order valence-corrected chi connectivity index (χ4v) is 1.82. The zero-order chi connectivity index (χ0) is 15.7. The zero-order valence-electron chi connectivity index (χ0n) is 12.7. The summed E-state index contributed by atoms with van der Waals surface area (Å²) in [5.41, 5.74) is 0.531. The number of benzene rings is 1. The van der Waals surface area contributed by atoms with Gasteiger partial charge < -0.3 is 14.7 Å². The Morgan fingerprint density at radius 1 is 1.19 bits per heavy atom. The molecule has 0 fully saturated rings. The van der Waals surface area contributed by atoms with Gasteiger partial charge in [-0.05, 0) is 30.7 Å². The molecule has 0 saturated carbocycles. The van der Waals surface area contributed by atoms with Gasteiger partial charge >= 0.3 is 5.97 Å². The van der Waals surface area contributed by atoms with Gasteiger partial charge in [-0.25, -0.2) is 0 Å². The molecule has 0 spiro atoms. The fraction of sp³-hybridized carbons (Fsp3) is 0.500. The van der Waals surface area contributed by atoms with Gasteiger partial charge in [0.2, 0.25) is 0 Å². The molecule has 0 aliphatic rings. The van der Waals surface area contributed by atoms with Crippen molar-refractivity contribution >= 4 is 11.9 Å². The summed E-state index contributed by atoms with van der Waals surface area (Å²) in [5.74, 6) is -0.352. The number of carboxylic acid groups (broad SMARTS) is 1. The third kappa shape index (κ3) is 6.29. The van der Waals surface area contributed by atoms with E-state index in [2.05, 4.69) is 6.92 Å². The molecule has 0 aliphatic heterocycles. The summed E-state index contributed by atoms with van der Waals surface area (Å²) in [5, 5.41) is 8.62. The monoisotopic (exact) mass is 293 g/mol. The minimum Gasteiger partial charge on any atom is -0.494 e. The van der Waals surface area contributed by atoms with Crippen LogP contribution in [0.1, 0.15) is 43.0 Å². The highest BCUT2D eigenvalue weighted by molar-refractivity contribution is 5.94. The van der Waals surface area contributed by atoms with Gasteiger partial charge in [0.1, 0.15) is 5.75 Å². The average molecular weight is 293 g/mol. The highest BCUT2D eigenvalue weighted by atomic mass is 16.5. The topological polar surface area (TPSA) is 66.8 Å². The first-order valence-corrected chi connectivity index (χ1v) is 7.24. The highest BCUT2D eigenvalue weighted by Gasteiger charge is 2.12. The fourth-order valence-electron chi connectivity index (χ4n) is 1.82. The molecule has 5 heteroatoms. The van der Waals surface area contributed by atoms with Crippen molar-refractivity contribution in [2.24, 2.45) is 0 Å². The molecule has 1 N–H and O–H groups in total. The number of unbranched alkanes of at least 4 members (excludes halogenated alkanes) is 2. The Hall–Kier alpha value is -2.04. The third-order valence-corrected chi connectivity index (χ3v) is 3.13. The Balaban J connectivity index is 2.48. The number of hydrogen-bond donors (Lipinski definition) is 1. The number of carbonyl (C=O) groups excluding carboxylic acids is 1. The summed E-state index contributed by atoms with van der Waals surface area (Å²) >= 11 is 0. The minimum absolute atomic E-state index is 0.0547. The van der Waals surface area contributed by atoms with E-state index in [0.29, 0.717) is 12.2 Å². The summed E-state index contributed by atoms with van der Waals surface area (Å²) in [4.78, 5) is 24.0.